The van der Waals surface area contributed by atoms with Crippen LogP contribution in [0.5, 0.6) is 5.75 Å². The number of rotatable bonds is 3. The Labute approximate surface area is 127 Å². The van der Waals surface area contributed by atoms with Crippen molar-refractivity contribution in [1.82, 2.24) is 0 Å². The highest BCUT2D eigenvalue weighted by Crippen LogP contribution is 2.30. The molecule has 1 aliphatic rings. The summed E-state index contributed by atoms with van der Waals surface area (Å²) in [5, 5.41) is 9.39. The molecule has 3 rings (SSSR count). The van der Waals surface area contributed by atoms with Gasteiger partial charge in [-0.2, -0.15) is 0 Å². The van der Waals surface area contributed by atoms with E-state index < -0.39 is 0 Å². The first-order valence-corrected chi connectivity index (χ1v) is 7.77. The molecule has 1 atom stereocenters. The topological polar surface area (TPSA) is 23.5 Å². The summed E-state index contributed by atoms with van der Waals surface area (Å²) in [4.78, 5) is 2.53. The fraction of sp³-hybridized carbons (Fsp3) is 0.368. The van der Waals surface area contributed by atoms with Gasteiger partial charge in [0.15, 0.2) is 0 Å². The third-order valence-corrected chi connectivity index (χ3v) is 4.39. The average Bonchev–Trinajstić information content (AvgIpc) is 2.48. The maximum atomic E-state index is 9.39. The van der Waals surface area contributed by atoms with Gasteiger partial charge in [-0.3, -0.25) is 0 Å². The second kappa shape index (κ2) is 5.80. The first kappa shape index (κ1) is 14.0. The SMILES string of the molecule is Cc1ccc2c(c1)CCCN2C(C)Cc1ccc(O)cc1. The summed E-state index contributed by atoms with van der Waals surface area (Å²) in [6.45, 7) is 5.59. The van der Waals surface area contributed by atoms with Gasteiger partial charge in [0.1, 0.15) is 5.75 Å². The summed E-state index contributed by atoms with van der Waals surface area (Å²) >= 11 is 0. The monoisotopic (exact) mass is 281 g/mol. The molecule has 0 spiro atoms. The van der Waals surface area contributed by atoms with Crippen molar-refractivity contribution in [3.63, 3.8) is 0 Å². The Bertz CT molecular complexity index is 618. The molecule has 1 heterocycles. The Morgan fingerprint density at radius 1 is 1.14 bits per heavy atom. The quantitative estimate of drug-likeness (QED) is 0.916. The van der Waals surface area contributed by atoms with Crippen LogP contribution in [0.25, 0.3) is 0 Å². The van der Waals surface area contributed by atoms with Gasteiger partial charge in [-0.1, -0.05) is 29.8 Å². The molecular weight excluding hydrogens is 258 g/mol. The van der Waals surface area contributed by atoms with Crippen molar-refractivity contribution in [3.8, 4) is 5.75 Å². The molecule has 0 saturated heterocycles. The van der Waals surface area contributed by atoms with Crippen molar-refractivity contribution in [3.05, 3.63) is 59.2 Å². The molecule has 2 aromatic carbocycles. The number of anilines is 1. The molecule has 0 aromatic heterocycles. The zero-order valence-electron chi connectivity index (χ0n) is 12.8. The van der Waals surface area contributed by atoms with E-state index in [0.29, 0.717) is 11.8 Å². The normalized spacial score (nSPS) is 15.6. The fourth-order valence-electron chi connectivity index (χ4n) is 3.30. The van der Waals surface area contributed by atoms with Gasteiger partial charge in [-0.25, -0.2) is 0 Å². The van der Waals surface area contributed by atoms with Gasteiger partial charge in [0, 0.05) is 18.3 Å². The maximum absolute atomic E-state index is 9.39. The highest BCUT2D eigenvalue weighted by Gasteiger charge is 2.21. The van der Waals surface area contributed by atoms with Crippen molar-refractivity contribution >= 4 is 5.69 Å². The van der Waals surface area contributed by atoms with Gasteiger partial charge in [-0.15, -0.1) is 0 Å². The Morgan fingerprint density at radius 3 is 2.67 bits per heavy atom. The standard InChI is InChI=1S/C19H23NO/c1-14-5-10-19-17(12-14)4-3-11-20(19)15(2)13-16-6-8-18(21)9-7-16/h5-10,12,15,21H,3-4,11,13H2,1-2H3. The summed E-state index contributed by atoms with van der Waals surface area (Å²) in [7, 11) is 0. The van der Waals surface area contributed by atoms with Gasteiger partial charge in [0.05, 0.1) is 0 Å². The predicted molar refractivity (Wildman–Crippen MR) is 88.1 cm³/mol. The lowest BCUT2D eigenvalue weighted by molar-refractivity contribution is 0.475. The third-order valence-electron chi connectivity index (χ3n) is 4.39. The maximum Gasteiger partial charge on any atom is 0.115 e. The number of phenols is 1. The molecule has 0 amide bonds. The minimum absolute atomic E-state index is 0.338. The molecule has 2 heteroatoms. The largest absolute Gasteiger partial charge is 0.508 e. The molecule has 0 bridgehead atoms. The van der Waals surface area contributed by atoms with Crippen LogP contribution >= 0.6 is 0 Å². The van der Waals surface area contributed by atoms with Crippen molar-refractivity contribution in [1.29, 1.82) is 0 Å². The molecule has 1 N–H and O–H groups in total. The van der Waals surface area contributed by atoms with Gasteiger partial charge in [0.25, 0.3) is 0 Å². The zero-order chi connectivity index (χ0) is 14.8. The van der Waals surface area contributed by atoms with Crippen LogP contribution in [0.2, 0.25) is 0 Å². The molecule has 21 heavy (non-hydrogen) atoms. The van der Waals surface area contributed by atoms with Crippen LogP contribution in [0, 0.1) is 6.92 Å². The molecule has 1 aliphatic heterocycles. The van der Waals surface area contributed by atoms with Crippen LogP contribution in [0.4, 0.5) is 5.69 Å². The van der Waals surface area contributed by atoms with Crippen molar-refractivity contribution in [2.24, 2.45) is 0 Å². The van der Waals surface area contributed by atoms with Crippen molar-refractivity contribution in [2.75, 3.05) is 11.4 Å². The van der Waals surface area contributed by atoms with Crippen LogP contribution in [0.15, 0.2) is 42.5 Å². The lowest BCUT2D eigenvalue weighted by Crippen LogP contribution is -2.38. The van der Waals surface area contributed by atoms with Crippen LogP contribution < -0.4 is 4.90 Å². The lowest BCUT2D eigenvalue weighted by Gasteiger charge is -2.36. The molecule has 0 fully saturated rings. The molecule has 1 unspecified atom stereocenters. The van der Waals surface area contributed by atoms with Crippen molar-refractivity contribution in [2.45, 2.75) is 39.2 Å². The minimum atomic E-state index is 0.338. The van der Waals surface area contributed by atoms with E-state index in [4.69, 9.17) is 0 Å². The van der Waals surface area contributed by atoms with Crippen LogP contribution in [-0.2, 0) is 12.8 Å². The summed E-state index contributed by atoms with van der Waals surface area (Å²) in [5.74, 6) is 0.338. The second-order valence-electron chi connectivity index (χ2n) is 6.15. The Hall–Kier alpha value is -1.96. The number of benzene rings is 2. The van der Waals surface area contributed by atoms with Gasteiger partial charge >= 0.3 is 0 Å². The lowest BCUT2D eigenvalue weighted by atomic mass is 9.96. The Kier molecular flexibility index (Phi) is 3.87. The summed E-state index contributed by atoms with van der Waals surface area (Å²) in [6.07, 6.45) is 3.43. The molecule has 0 aliphatic carbocycles. The van der Waals surface area contributed by atoms with Gasteiger partial charge < -0.3 is 10.0 Å². The number of fused-ring (bicyclic) bond motifs is 1. The molecule has 2 nitrogen and oxygen atoms in total. The molecule has 2 aromatic rings. The summed E-state index contributed by atoms with van der Waals surface area (Å²) < 4.78 is 0. The first-order chi connectivity index (χ1) is 10.1. The summed E-state index contributed by atoms with van der Waals surface area (Å²) in [5.41, 5.74) is 5.51. The molecule has 0 radical (unpaired) electrons. The molecular formula is C19H23NO. The number of hydrogen-bond acceptors (Lipinski definition) is 2. The highest BCUT2D eigenvalue weighted by molar-refractivity contribution is 5.57. The van der Waals surface area contributed by atoms with E-state index in [-0.39, 0.29) is 0 Å². The number of hydrogen-bond donors (Lipinski definition) is 1. The number of aromatic hydroxyl groups is 1. The Morgan fingerprint density at radius 2 is 1.90 bits per heavy atom. The van der Waals surface area contributed by atoms with Gasteiger partial charge in [-0.05, 0) is 62.4 Å². The van der Waals surface area contributed by atoms with E-state index in [1.54, 1.807) is 12.1 Å². The van der Waals surface area contributed by atoms with E-state index in [2.05, 4.69) is 36.9 Å². The highest BCUT2D eigenvalue weighted by atomic mass is 16.3. The fourth-order valence-corrected chi connectivity index (χ4v) is 3.30. The van der Waals surface area contributed by atoms with Crippen LogP contribution in [0.3, 0.4) is 0 Å². The summed E-state index contributed by atoms with van der Waals surface area (Å²) in [6, 6.07) is 14.9. The smallest absolute Gasteiger partial charge is 0.115 e. The van der Waals surface area contributed by atoms with E-state index in [1.165, 1.54) is 35.2 Å². The van der Waals surface area contributed by atoms with E-state index in [9.17, 15) is 5.11 Å². The second-order valence-corrected chi connectivity index (χ2v) is 6.15. The van der Waals surface area contributed by atoms with E-state index in [0.717, 1.165) is 13.0 Å². The number of nitrogens with zero attached hydrogens (tertiary/aromatic N) is 1. The zero-order valence-corrected chi connectivity index (χ0v) is 12.8. The minimum Gasteiger partial charge on any atom is -0.508 e. The third kappa shape index (κ3) is 3.05. The van der Waals surface area contributed by atoms with Crippen LogP contribution in [-0.4, -0.2) is 17.7 Å². The molecule has 0 saturated carbocycles. The number of phenolic OH excluding ortho intramolecular Hbond substituents is 1. The first-order valence-electron chi connectivity index (χ1n) is 7.77. The van der Waals surface area contributed by atoms with E-state index in [1.807, 2.05) is 12.1 Å². The average molecular weight is 281 g/mol. The Balaban J connectivity index is 1.79. The van der Waals surface area contributed by atoms with Gasteiger partial charge in [0.2, 0.25) is 0 Å². The molecule has 110 valence electrons. The van der Waals surface area contributed by atoms with Crippen LogP contribution in [0.1, 0.15) is 30.0 Å². The van der Waals surface area contributed by atoms with Crippen molar-refractivity contribution < 1.29 is 5.11 Å². The number of aryl methyl sites for hydroxylation is 2. The predicted octanol–water partition coefficient (Wildman–Crippen LogP) is 4.08. The van der Waals surface area contributed by atoms with E-state index >= 15 is 0 Å².